The average Bonchev–Trinajstić information content (AvgIpc) is 3.66. The fraction of sp³-hybridized carbons (Fsp3) is 0.452. The van der Waals surface area contributed by atoms with Crippen molar-refractivity contribution >= 4 is 35.2 Å². The monoisotopic (exact) mass is 685 g/mol. The third kappa shape index (κ3) is 7.66. The van der Waals surface area contributed by atoms with E-state index >= 15 is 4.39 Å². The van der Waals surface area contributed by atoms with Gasteiger partial charge < -0.3 is 54.5 Å². The van der Waals surface area contributed by atoms with Gasteiger partial charge in [0.2, 0.25) is 12.2 Å². The first-order valence-corrected chi connectivity index (χ1v) is 15.2. The molecule has 6 N–H and O–H groups in total. The van der Waals surface area contributed by atoms with Crippen molar-refractivity contribution in [2.24, 2.45) is 0 Å². The highest BCUT2D eigenvalue weighted by Crippen LogP contribution is 2.32. The number of rotatable bonds is 10. The molecule has 9 atom stereocenters. The van der Waals surface area contributed by atoms with E-state index in [9.17, 15) is 30.3 Å². The number of fused-ring (bicyclic) bond motifs is 1. The fourth-order valence-corrected chi connectivity index (χ4v) is 5.99. The van der Waals surface area contributed by atoms with Crippen LogP contribution in [0.2, 0.25) is 10.0 Å². The molecule has 2 heterocycles. The second-order valence-corrected chi connectivity index (χ2v) is 11.9. The molecule has 1 amide bonds. The van der Waals surface area contributed by atoms with Crippen LogP contribution in [-0.4, -0.2) is 107 Å². The van der Waals surface area contributed by atoms with Crippen LogP contribution in [-0.2, 0) is 19.0 Å². The summed E-state index contributed by atoms with van der Waals surface area (Å²) in [6.45, 7) is 0.887. The van der Waals surface area contributed by atoms with Gasteiger partial charge in [0.15, 0.2) is 11.6 Å². The molecule has 0 radical (unpaired) electrons. The third-order valence-electron chi connectivity index (χ3n) is 7.97. The number of ether oxygens (including phenoxy) is 5. The van der Waals surface area contributed by atoms with Crippen molar-refractivity contribution in [3.05, 3.63) is 75.0 Å². The molecule has 5 rings (SSSR count). The highest BCUT2D eigenvalue weighted by atomic mass is 35.5. The van der Waals surface area contributed by atoms with Crippen LogP contribution < -0.4 is 14.8 Å². The van der Waals surface area contributed by atoms with Gasteiger partial charge in [-0.25, -0.2) is 4.39 Å². The van der Waals surface area contributed by atoms with Crippen molar-refractivity contribution < 1.29 is 58.4 Å². The summed E-state index contributed by atoms with van der Waals surface area (Å²) in [6.07, 6.45) is -6.13. The maximum atomic E-state index is 15.0. The van der Waals surface area contributed by atoms with Gasteiger partial charge in [-0.05, 0) is 60.5 Å². The van der Waals surface area contributed by atoms with E-state index in [2.05, 4.69) is 5.32 Å². The molecule has 0 spiro atoms. The molecular formula is C31H34Cl2FNO11. The smallest absolute Gasteiger partial charge is 0.247 e. The molecule has 250 valence electrons. The van der Waals surface area contributed by atoms with Gasteiger partial charge in [-0.3, -0.25) is 4.79 Å². The Hall–Kier alpha value is -2.82. The van der Waals surface area contributed by atoms with E-state index in [4.69, 9.17) is 46.9 Å². The Morgan fingerprint density at radius 1 is 1.04 bits per heavy atom. The van der Waals surface area contributed by atoms with Gasteiger partial charge in [-0.1, -0.05) is 29.3 Å². The minimum absolute atomic E-state index is 0.00140. The molecule has 2 aromatic rings. The zero-order valence-corrected chi connectivity index (χ0v) is 26.0. The number of carbonyl (C=O) groups excluding carboxylic acids is 1. The molecule has 2 saturated heterocycles. The number of hydrogen-bond donors (Lipinski definition) is 6. The normalized spacial score (nSPS) is 31.5. The van der Waals surface area contributed by atoms with Gasteiger partial charge in [0.05, 0.1) is 23.8 Å². The van der Waals surface area contributed by atoms with Gasteiger partial charge in [-0.15, -0.1) is 0 Å². The quantitative estimate of drug-likeness (QED) is 0.159. The maximum absolute atomic E-state index is 15.0. The van der Waals surface area contributed by atoms with Crippen LogP contribution in [0.15, 0.2) is 53.6 Å². The molecule has 15 heteroatoms. The second kappa shape index (κ2) is 14.9. The molecule has 2 aliphatic heterocycles. The van der Waals surface area contributed by atoms with Crippen molar-refractivity contribution in [2.75, 3.05) is 20.0 Å². The third-order valence-corrected chi connectivity index (χ3v) is 8.50. The minimum atomic E-state index is -1.51. The summed E-state index contributed by atoms with van der Waals surface area (Å²) in [5.41, 5.74) is 0.778. The van der Waals surface area contributed by atoms with Crippen LogP contribution >= 0.6 is 23.2 Å². The summed E-state index contributed by atoms with van der Waals surface area (Å²) in [6, 6.07) is 7.48. The van der Waals surface area contributed by atoms with Crippen molar-refractivity contribution in [3.8, 4) is 11.5 Å². The summed E-state index contributed by atoms with van der Waals surface area (Å²) in [5.74, 6) is -1.21. The Morgan fingerprint density at radius 2 is 1.76 bits per heavy atom. The van der Waals surface area contributed by atoms with Gasteiger partial charge in [0, 0.05) is 17.0 Å². The molecule has 3 fully saturated rings. The van der Waals surface area contributed by atoms with E-state index in [1.165, 1.54) is 31.2 Å². The number of benzene rings is 2. The second-order valence-electron chi connectivity index (χ2n) is 11.1. The Labute approximate surface area is 273 Å². The fourth-order valence-electron chi connectivity index (χ4n) is 5.52. The van der Waals surface area contributed by atoms with E-state index < -0.39 is 73.4 Å². The first kappa shape index (κ1) is 34.5. The number of nitrogens with one attached hydrogen (secondary N) is 1. The standard InChI is InChI=1S/C31H34Cl2FNO11/c1-14(31(41)35-24-25(38)27(40)30-29(26(24)39)43-13-44-30)8-15-2-4-22(19(34)9-15)45-23-11-20(37)28(46-23)16(12-36)6-7-42-21-5-3-17(32)10-18(21)33/h2-6,8-10,20,23-30,36-40H,7,11-13H2,1H3,(H,35,41)/b14-8+,16-6+/t20-,23+,24+,25-,26+,27+,28+,29-,30+/m0/s1. The minimum Gasteiger partial charge on any atom is -0.488 e. The van der Waals surface area contributed by atoms with E-state index in [1.54, 1.807) is 18.2 Å². The molecule has 0 aromatic heterocycles. The molecule has 2 aromatic carbocycles. The first-order valence-electron chi connectivity index (χ1n) is 14.4. The van der Waals surface area contributed by atoms with Crippen LogP contribution in [0.4, 0.5) is 4.39 Å². The number of carbonyl (C=O) groups is 1. The summed E-state index contributed by atoms with van der Waals surface area (Å²) >= 11 is 12.0. The zero-order valence-electron chi connectivity index (χ0n) is 24.5. The SMILES string of the molecule is C/C(=C\c1ccc(O[C@H]2C[C@H](O)[C@@H](/C(=C/COc3ccc(Cl)cc3Cl)CO)O2)c(F)c1)C(=O)N[C@@H]1[C@H](O)[C@@H](O)[C@H]2OCO[C@H]2[C@@H]1O. The van der Waals surface area contributed by atoms with Crippen molar-refractivity contribution in [1.29, 1.82) is 0 Å². The topological polar surface area (TPSA) is 176 Å². The van der Waals surface area contributed by atoms with Crippen LogP contribution in [0.3, 0.4) is 0 Å². The van der Waals surface area contributed by atoms with E-state index in [0.717, 1.165) is 6.07 Å². The lowest BCUT2D eigenvalue weighted by atomic mass is 9.83. The van der Waals surface area contributed by atoms with Crippen LogP contribution in [0, 0.1) is 5.82 Å². The molecule has 1 aliphatic carbocycles. The summed E-state index contributed by atoms with van der Waals surface area (Å²) < 4.78 is 42.5. The van der Waals surface area contributed by atoms with Crippen LogP contribution in [0.25, 0.3) is 6.08 Å². The molecule has 0 unspecified atom stereocenters. The molecule has 0 bridgehead atoms. The molecule has 12 nitrogen and oxygen atoms in total. The Bertz CT molecular complexity index is 1480. The van der Waals surface area contributed by atoms with E-state index in [0.29, 0.717) is 26.9 Å². The molecule has 46 heavy (non-hydrogen) atoms. The highest BCUT2D eigenvalue weighted by molar-refractivity contribution is 6.35. The molecule has 1 saturated carbocycles. The number of halogens is 3. The summed E-state index contributed by atoms with van der Waals surface area (Å²) in [4.78, 5) is 12.8. The van der Waals surface area contributed by atoms with Crippen molar-refractivity contribution in [1.82, 2.24) is 5.32 Å². The van der Waals surface area contributed by atoms with Crippen molar-refractivity contribution in [3.63, 3.8) is 0 Å². The Morgan fingerprint density at radius 3 is 2.46 bits per heavy atom. The molecular weight excluding hydrogens is 652 g/mol. The predicted octanol–water partition coefficient (Wildman–Crippen LogP) is 1.71. The van der Waals surface area contributed by atoms with Crippen LogP contribution in [0.1, 0.15) is 18.9 Å². The Balaban J connectivity index is 1.17. The number of hydrogen-bond acceptors (Lipinski definition) is 11. The first-order chi connectivity index (χ1) is 22.0. The summed E-state index contributed by atoms with van der Waals surface area (Å²) in [7, 11) is 0. The molecule has 3 aliphatic rings. The van der Waals surface area contributed by atoms with Gasteiger partial charge >= 0.3 is 0 Å². The van der Waals surface area contributed by atoms with Gasteiger partial charge in [0.1, 0.15) is 55.8 Å². The zero-order chi connectivity index (χ0) is 33.1. The maximum Gasteiger partial charge on any atom is 0.247 e. The predicted molar refractivity (Wildman–Crippen MR) is 162 cm³/mol. The lowest BCUT2D eigenvalue weighted by Crippen LogP contribution is -2.67. The Kier molecular flexibility index (Phi) is 11.2. The number of aliphatic hydroxyl groups is 5. The van der Waals surface area contributed by atoms with E-state index in [-0.39, 0.29) is 31.1 Å². The van der Waals surface area contributed by atoms with Crippen LogP contribution in [0.5, 0.6) is 11.5 Å². The lowest BCUT2D eigenvalue weighted by Gasteiger charge is -2.41. The van der Waals surface area contributed by atoms with Crippen molar-refractivity contribution in [2.45, 2.75) is 68.4 Å². The largest absolute Gasteiger partial charge is 0.488 e. The highest BCUT2D eigenvalue weighted by Gasteiger charge is 2.53. The number of amides is 1. The summed E-state index contributed by atoms with van der Waals surface area (Å²) in [5, 5.41) is 55.0. The van der Waals surface area contributed by atoms with Gasteiger partial charge in [0.25, 0.3) is 0 Å². The van der Waals surface area contributed by atoms with E-state index in [1.807, 2.05) is 0 Å². The lowest BCUT2D eigenvalue weighted by molar-refractivity contribution is -0.155. The number of aliphatic hydroxyl groups excluding tert-OH is 5. The van der Waals surface area contributed by atoms with Gasteiger partial charge in [-0.2, -0.15) is 0 Å². The average molecular weight is 687 g/mol.